The Bertz CT molecular complexity index is 393. The zero-order valence-electron chi connectivity index (χ0n) is 11.3. The number of aryl methyl sites for hydroxylation is 1. The van der Waals surface area contributed by atoms with Crippen LogP contribution in [0.15, 0.2) is 24.3 Å². The van der Waals surface area contributed by atoms with Crippen LogP contribution in [0, 0.1) is 0 Å². The molecule has 0 spiro atoms. The van der Waals surface area contributed by atoms with Crippen molar-refractivity contribution in [1.29, 1.82) is 0 Å². The number of amides is 1. The number of hydrogen-bond donors (Lipinski definition) is 1. The van der Waals surface area contributed by atoms with Crippen molar-refractivity contribution >= 4 is 11.6 Å². The van der Waals surface area contributed by atoms with Crippen molar-refractivity contribution in [1.82, 2.24) is 5.32 Å². The zero-order valence-corrected chi connectivity index (χ0v) is 11.3. The Kier molecular flexibility index (Phi) is 4.37. The maximum atomic E-state index is 12.3. The molecule has 2 rings (SSSR count). The second kappa shape index (κ2) is 6.01. The van der Waals surface area contributed by atoms with Crippen LogP contribution in [0.2, 0.25) is 0 Å². The maximum Gasteiger partial charge on any atom is 0.243 e. The van der Waals surface area contributed by atoms with E-state index in [-0.39, 0.29) is 11.9 Å². The Morgan fingerprint density at radius 2 is 2.06 bits per heavy atom. The number of anilines is 1. The molecule has 0 aromatic heterocycles. The molecule has 1 aromatic rings. The molecule has 1 amide bonds. The van der Waals surface area contributed by atoms with Gasteiger partial charge in [-0.1, -0.05) is 25.5 Å². The first-order chi connectivity index (χ1) is 8.72. The van der Waals surface area contributed by atoms with Crippen LogP contribution in [0.1, 0.15) is 31.7 Å². The van der Waals surface area contributed by atoms with E-state index in [1.807, 2.05) is 19.2 Å². The average Bonchev–Trinajstić information content (AvgIpc) is 2.47. The van der Waals surface area contributed by atoms with E-state index < -0.39 is 0 Å². The van der Waals surface area contributed by atoms with Gasteiger partial charge in [0.05, 0.1) is 6.04 Å². The number of carbonyl (C=O) groups excluding carboxylic acids is 1. The summed E-state index contributed by atoms with van der Waals surface area (Å²) in [7, 11) is 1.86. The van der Waals surface area contributed by atoms with E-state index in [2.05, 4.69) is 24.4 Å². The number of hydrogen-bond acceptors (Lipinski definition) is 2. The lowest BCUT2D eigenvalue weighted by Crippen LogP contribution is -2.47. The summed E-state index contributed by atoms with van der Waals surface area (Å²) in [5, 5.41) is 3.30. The molecular weight excluding hydrogens is 224 g/mol. The summed E-state index contributed by atoms with van der Waals surface area (Å²) in [6, 6.07) is 8.23. The predicted octanol–water partition coefficient (Wildman–Crippen LogP) is 2.35. The molecule has 0 unspecified atom stereocenters. The lowest BCUT2D eigenvalue weighted by Gasteiger charge is -2.27. The molecule has 1 atom stereocenters. The van der Waals surface area contributed by atoms with Crippen molar-refractivity contribution < 1.29 is 4.79 Å². The molecule has 1 aromatic carbocycles. The van der Waals surface area contributed by atoms with E-state index in [4.69, 9.17) is 0 Å². The second-order valence-corrected chi connectivity index (χ2v) is 4.92. The number of likely N-dealkylation sites (N-methyl/N-ethyl adjacent to an activating group) is 1. The molecule has 3 nitrogen and oxygen atoms in total. The van der Waals surface area contributed by atoms with Gasteiger partial charge < -0.3 is 10.2 Å². The molecule has 1 saturated heterocycles. The van der Waals surface area contributed by atoms with Gasteiger partial charge in [0.1, 0.15) is 0 Å². The first-order valence-corrected chi connectivity index (χ1v) is 6.82. The van der Waals surface area contributed by atoms with E-state index in [0.29, 0.717) is 0 Å². The van der Waals surface area contributed by atoms with Crippen LogP contribution in [0.4, 0.5) is 5.69 Å². The van der Waals surface area contributed by atoms with Crippen LogP contribution in [-0.2, 0) is 11.2 Å². The van der Waals surface area contributed by atoms with Gasteiger partial charge >= 0.3 is 0 Å². The molecule has 1 heterocycles. The molecule has 0 aliphatic carbocycles. The SMILES string of the molecule is CCc1ccc(N(C)C(=O)[C@H]2CCCCN2)cc1. The van der Waals surface area contributed by atoms with Gasteiger partial charge in [-0.05, 0) is 43.5 Å². The van der Waals surface area contributed by atoms with Gasteiger partial charge in [0, 0.05) is 12.7 Å². The third-order valence-electron chi connectivity index (χ3n) is 3.67. The summed E-state index contributed by atoms with van der Waals surface area (Å²) in [4.78, 5) is 14.1. The zero-order chi connectivity index (χ0) is 13.0. The molecule has 3 heteroatoms. The molecule has 0 saturated carbocycles. The molecule has 0 bridgehead atoms. The fourth-order valence-corrected chi connectivity index (χ4v) is 2.38. The molecule has 1 N–H and O–H groups in total. The van der Waals surface area contributed by atoms with Crippen LogP contribution >= 0.6 is 0 Å². The normalized spacial score (nSPS) is 19.6. The van der Waals surface area contributed by atoms with E-state index in [9.17, 15) is 4.79 Å². The van der Waals surface area contributed by atoms with Crippen molar-refractivity contribution in [3.05, 3.63) is 29.8 Å². The summed E-state index contributed by atoms with van der Waals surface area (Å²) in [5.74, 6) is 0.180. The number of carbonyl (C=O) groups is 1. The van der Waals surface area contributed by atoms with Crippen LogP contribution in [0.3, 0.4) is 0 Å². The highest BCUT2D eigenvalue weighted by Gasteiger charge is 2.24. The van der Waals surface area contributed by atoms with Crippen LogP contribution in [-0.4, -0.2) is 25.5 Å². The number of piperidine rings is 1. The fraction of sp³-hybridized carbons (Fsp3) is 0.533. The Labute approximate surface area is 109 Å². The van der Waals surface area contributed by atoms with Gasteiger partial charge in [-0.2, -0.15) is 0 Å². The Balaban J connectivity index is 2.04. The molecule has 1 aliphatic rings. The summed E-state index contributed by atoms with van der Waals surface area (Å²) in [5.41, 5.74) is 2.28. The molecule has 1 aliphatic heterocycles. The maximum absolute atomic E-state index is 12.3. The van der Waals surface area contributed by atoms with Crippen LogP contribution < -0.4 is 10.2 Å². The number of nitrogens with zero attached hydrogens (tertiary/aromatic N) is 1. The Morgan fingerprint density at radius 3 is 2.61 bits per heavy atom. The van der Waals surface area contributed by atoms with Gasteiger partial charge in [-0.3, -0.25) is 4.79 Å². The molecule has 98 valence electrons. The summed E-state index contributed by atoms with van der Waals surface area (Å²) >= 11 is 0. The Hall–Kier alpha value is -1.35. The highest BCUT2D eigenvalue weighted by molar-refractivity contribution is 5.96. The standard InChI is InChI=1S/C15H22N2O/c1-3-12-7-9-13(10-8-12)17(2)15(18)14-6-4-5-11-16-14/h7-10,14,16H,3-6,11H2,1-2H3/t14-/m1/s1. The summed E-state index contributed by atoms with van der Waals surface area (Å²) in [6.07, 6.45) is 4.31. The van der Waals surface area contributed by atoms with Crippen molar-refractivity contribution in [3.63, 3.8) is 0 Å². The minimum Gasteiger partial charge on any atom is -0.314 e. The largest absolute Gasteiger partial charge is 0.314 e. The number of benzene rings is 1. The van der Waals surface area contributed by atoms with Gasteiger partial charge in [-0.15, -0.1) is 0 Å². The molecule has 18 heavy (non-hydrogen) atoms. The third kappa shape index (κ3) is 2.91. The summed E-state index contributed by atoms with van der Waals surface area (Å²) in [6.45, 7) is 3.09. The Morgan fingerprint density at radius 1 is 1.33 bits per heavy atom. The first kappa shape index (κ1) is 13.1. The smallest absolute Gasteiger partial charge is 0.243 e. The highest BCUT2D eigenvalue weighted by Crippen LogP contribution is 2.17. The van der Waals surface area contributed by atoms with Crippen molar-refractivity contribution in [2.24, 2.45) is 0 Å². The topological polar surface area (TPSA) is 32.3 Å². The van der Waals surface area contributed by atoms with Crippen LogP contribution in [0.25, 0.3) is 0 Å². The number of nitrogens with one attached hydrogen (secondary N) is 1. The second-order valence-electron chi connectivity index (χ2n) is 4.92. The van der Waals surface area contributed by atoms with E-state index >= 15 is 0 Å². The molecule has 0 radical (unpaired) electrons. The monoisotopic (exact) mass is 246 g/mol. The van der Waals surface area contributed by atoms with E-state index in [1.165, 1.54) is 12.0 Å². The lowest BCUT2D eigenvalue weighted by atomic mass is 10.0. The predicted molar refractivity (Wildman–Crippen MR) is 74.9 cm³/mol. The average molecular weight is 246 g/mol. The minimum absolute atomic E-state index is 0.00500. The first-order valence-electron chi connectivity index (χ1n) is 6.82. The quantitative estimate of drug-likeness (QED) is 0.888. The summed E-state index contributed by atoms with van der Waals surface area (Å²) < 4.78 is 0. The fourth-order valence-electron chi connectivity index (χ4n) is 2.38. The van der Waals surface area contributed by atoms with E-state index in [0.717, 1.165) is 31.5 Å². The van der Waals surface area contributed by atoms with Gasteiger partial charge in [0.25, 0.3) is 0 Å². The van der Waals surface area contributed by atoms with Crippen LogP contribution in [0.5, 0.6) is 0 Å². The van der Waals surface area contributed by atoms with Crippen molar-refractivity contribution in [2.45, 2.75) is 38.6 Å². The van der Waals surface area contributed by atoms with Crippen molar-refractivity contribution in [2.75, 3.05) is 18.5 Å². The van der Waals surface area contributed by atoms with Gasteiger partial charge in [0.2, 0.25) is 5.91 Å². The lowest BCUT2D eigenvalue weighted by molar-refractivity contribution is -0.120. The number of rotatable bonds is 3. The van der Waals surface area contributed by atoms with E-state index in [1.54, 1.807) is 4.90 Å². The molecule has 1 fully saturated rings. The minimum atomic E-state index is -0.00500. The van der Waals surface area contributed by atoms with Gasteiger partial charge in [0.15, 0.2) is 0 Å². The molecular formula is C15H22N2O. The highest BCUT2D eigenvalue weighted by atomic mass is 16.2. The van der Waals surface area contributed by atoms with Crippen molar-refractivity contribution in [3.8, 4) is 0 Å². The van der Waals surface area contributed by atoms with Gasteiger partial charge in [-0.25, -0.2) is 0 Å². The third-order valence-corrected chi connectivity index (χ3v) is 3.67.